The molecule has 150 valence electrons. The van der Waals surface area contributed by atoms with Crippen molar-refractivity contribution in [3.05, 3.63) is 53.1 Å². The maximum atomic E-state index is 12.1. The monoisotopic (exact) mass is 381 g/mol. The third kappa shape index (κ3) is 6.02. The van der Waals surface area contributed by atoms with Crippen LogP contribution in [-0.4, -0.2) is 60.0 Å². The van der Waals surface area contributed by atoms with Crippen molar-refractivity contribution >= 4 is 11.6 Å². The molecule has 6 heteroatoms. The highest BCUT2D eigenvalue weighted by Crippen LogP contribution is 2.17. The average molecular weight is 382 g/mol. The molecule has 0 radical (unpaired) electrons. The second-order valence-electron chi connectivity index (χ2n) is 7.58. The molecule has 2 aromatic rings. The first kappa shape index (κ1) is 20.3. The minimum Gasteiger partial charge on any atom is -0.369 e. The van der Waals surface area contributed by atoms with Crippen molar-refractivity contribution in [1.82, 2.24) is 20.2 Å². The Kier molecular flexibility index (Phi) is 6.98. The van der Waals surface area contributed by atoms with Gasteiger partial charge in [-0.1, -0.05) is 12.1 Å². The second kappa shape index (κ2) is 9.64. The molecule has 1 N–H and O–H groups in total. The molecule has 0 saturated carbocycles. The molecule has 28 heavy (non-hydrogen) atoms. The van der Waals surface area contributed by atoms with Crippen LogP contribution < -0.4 is 10.2 Å². The number of hydrogen-bond donors (Lipinski definition) is 1. The fraction of sp³-hybridized carbons (Fsp3) is 0.500. The Labute approximate surface area is 168 Å². The Bertz CT molecular complexity index is 779. The van der Waals surface area contributed by atoms with Crippen LogP contribution in [0, 0.1) is 20.8 Å². The summed E-state index contributed by atoms with van der Waals surface area (Å²) in [5.41, 5.74) is 4.53. The molecule has 1 aromatic carbocycles. The molecular formula is C22H31N5O. The van der Waals surface area contributed by atoms with Crippen LogP contribution in [0.15, 0.2) is 30.3 Å². The number of rotatable bonds is 7. The Hall–Kier alpha value is -2.47. The van der Waals surface area contributed by atoms with Crippen molar-refractivity contribution < 1.29 is 4.79 Å². The predicted octanol–water partition coefficient (Wildman–Crippen LogP) is 2.27. The molecule has 1 aliphatic heterocycles. The summed E-state index contributed by atoms with van der Waals surface area (Å²) < 4.78 is 0. The Morgan fingerprint density at radius 2 is 1.75 bits per heavy atom. The number of nitrogens with one attached hydrogen (secondary N) is 1. The fourth-order valence-electron chi connectivity index (χ4n) is 3.63. The number of carbonyl (C=O) groups excluding carboxylic acids is 1. The normalized spacial score (nSPS) is 14.9. The van der Waals surface area contributed by atoms with Gasteiger partial charge in [-0.3, -0.25) is 9.69 Å². The molecule has 0 atom stereocenters. The number of piperazine rings is 1. The van der Waals surface area contributed by atoms with Crippen molar-refractivity contribution in [3.8, 4) is 0 Å². The molecule has 6 nitrogen and oxygen atoms in total. The van der Waals surface area contributed by atoms with Gasteiger partial charge in [0.15, 0.2) is 0 Å². The van der Waals surface area contributed by atoms with Gasteiger partial charge in [-0.2, -0.15) is 0 Å². The van der Waals surface area contributed by atoms with E-state index >= 15 is 0 Å². The minimum absolute atomic E-state index is 0.102. The van der Waals surface area contributed by atoms with Gasteiger partial charge in [0, 0.05) is 69.2 Å². The fourth-order valence-corrected chi connectivity index (χ4v) is 3.63. The van der Waals surface area contributed by atoms with Crippen molar-refractivity contribution in [2.75, 3.05) is 44.2 Å². The van der Waals surface area contributed by atoms with Gasteiger partial charge in [-0.25, -0.2) is 9.97 Å². The number of aromatic nitrogens is 2. The summed E-state index contributed by atoms with van der Waals surface area (Å²) >= 11 is 0. The zero-order valence-electron chi connectivity index (χ0n) is 17.2. The quantitative estimate of drug-likeness (QED) is 0.797. The van der Waals surface area contributed by atoms with E-state index in [-0.39, 0.29) is 5.91 Å². The number of nitrogens with zero attached hydrogens (tertiary/aromatic N) is 4. The van der Waals surface area contributed by atoms with Gasteiger partial charge in [0.1, 0.15) is 5.82 Å². The van der Waals surface area contributed by atoms with E-state index in [2.05, 4.69) is 56.3 Å². The van der Waals surface area contributed by atoms with Gasteiger partial charge in [-0.05, 0) is 44.5 Å². The smallest absolute Gasteiger partial charge is 0.221 e. The maximum Gasteiger partial charge on any atom is 0.221 e. The summed E-state index contributed by atoms with van der Waals surface area (Å²) in [6.45, 7) is 11.5. The SMILES string of the molecule is Cc1cccc(N2CCN(CCC(=O)NCCc3nc(C)cc(C)n3)CC2)c1. The van der Waals surface area contributed by atoms with Gasteiger partial charge in [0.2, 0.25) is 5.91 Å². The summed E-state index contributed by atoms with van der Waals surface area (Å²) in [5, 5.41) is 2.99. The molecular weight excluding hydrogens is 350 g/mol. The first-order chi connectivity index (χ1) is 13.5. The van der Waals surface area contributed by atoms with Crippen LogP contribution in [0.5, 0.6) is 0 Å². The molecule has 0 bridgehead atoms. The number of benzene rings is 1. The van der Waals surface area contributed by atoms with E-state index in [1.54, 1.807) is 0 Å². The Balaban J connectivity index is 1.34. The maximum absolute atomic E-state index is 12.1. The third-order valence-electron chi connectivity index (χ3n) is 5.09. The highest BCUT2D eigenvalue weighted by atomic mass is 16.1. The lowest BCUT2D eigenvalue weighted by atomic mass is 10.2. The zero-order valence-corrected chi connectivity index (χ0v) is 17.2. The highest BCUT2D eigenvalue weighted by Gasteiger charge is 2.17. The van der Waals surface area contributed by atoms with Crippen molar-refractivity contribution in [3.63, 3.8) is 0 Å². The van der Waals surface area contributed by atoms with Gasteiger partial charge in [0.05, 0.1) is 0 Å². The molecule has 0 aliphatic carbocycles. The van der Waals surface area contributed by atoms with Gasteiger partial charge < -0.3 is 10.2 Å². The highest BCUT2D eigenvalue weighted by molar-refractivity contribution is 5.76. The van der Waals surface area contributed by atoms with Crippen LogP contribution >= 0.6 is 0 Å². The van der Waals surface area contributed by atoms with Crippen molar-refractivity contribution in [1.29, 1.82) is 0 Å². The van der Waals surface area contributed by atoms with E-state index < -0.39 is 0 Å². The summed E-state index contributed by atoms with van der Waals surface area (Å²) in [6.07, 6.45) is 1.21. The largest absolute Gasteiger partial charge is 0.369 e. The summed E-state index contributed by atoms with van der Waals surface area (Å²) in [6, 6.07) is 10.6. The van der Waals surface area contributed by atoms with Gasteiger partial charge in [-0.15, -0.1) is 0 Å². The van der Waals surface area contributed by atoms with E-state index in [9.17, 15) is 4.79 Å². The van der Waals surface area contributed by atoms with Gasteiger partial charge >= 0.3 is 0 Å². The topological polar surface area (TPSA) is 61.4 Å². The summed E-state index contributed by atoms with van der Waals surface area (Å²) in [4.78, 5) is 25.8. The van der Waals surface area contributed by atoms with Crippen LogP contribution in [-0.2, 0) is 11.2 Å². The summed E-state index contributed by atoms with van der Waals surface area (Å²) in [7, 11) is 0. The van der Waals surface area contributed by atoms with Crippen LogP contribution in [0.1, 0.15) is 29.2 Å². The van der Waals surface area contributed by atoms with Gasteiger partial charge in [0.25, 0.3) is 0 Å². The predicted molar refractivity (Wildman–Crippen MR) is 113 cm³/mol. The van der Waals surface area contributed by atoms with Crippen LogP contribution in [0.3, 0.4) is 0 Å². The molecule has 2 heterocycles. The van der Waals surface area contributed by atoms with Crippen molar-refractivity contribution in [2.45, 2.75) is 33.6 Å². The minimum atomic E-state index is 0.102. The lowest BCUT2D eigenvalue weighted by Crippen LogP contribution is -2.47. The van der Waals surface area contributed by atoms with E-state index in [4.69, 9.17) is 0 Å². The standard InChI is InChI=1S/C22H31N5O/c1-17-5-4-6-20(15-17)27-13-11-26(12-14-27)10-8-22(28)23-9-7-21-24-18(2)16-19(3)25-21/h4-6,15-16H,7-14H2,1-3H3,(H,23,28). The number of amides is 1. The second-order valence-corrected chi connectivity index (χ2v) is 7.58. The molecule has 1 aromatic heterocycles. The molecule has 1 amide bonds. The lowest BCUT2D eigenvalue weighted by Gasteiger charge is -2.36. The molecule has 0 unspecified atom stereocenters. The molecule has 1 aliphatic rings. The number of carbonyl (C=O) groups is 1. The van der Waals surface area contributed by atoms with E-state index in [0.717, 1.165) is 49.9 Å². The lowest BCUT2D eigenvalue weighted by molar-refractivity contribution is -0.121. The Morgan fingerprint density at radius 3 is 2.43 bits per heavy atom. The van der Waals surface area contributed by atoms with Crippen LogP contribution in [0.25, 0.3) is 0 Å². The zero-order chi connectivity index (χ0) is 19.9. The first-order valence-electron chi connectivity index (χ1n) is 10.1. The van der Waals surface area contributed by atoms with Crippen LogP contribution in [0.4, 0.5) is 5.69 Å². The molecule has 1 fully saturated rings. The van der Waals surface area contributed by atoms with E-state index in [1.807, 2.05) is 19.9 Å². The van der Waals surface area contributed by atoms with Crippen LogP contribution in [0.2, 0.25) is 0 Å². The molecule has 1 saturated heterocycles. The molecule has 0 spiro atoms. The number of aryl methyl sites for hydroxylation is 3. The van der Waals surface area contributed by atoms with E-state index in [0.29, 0.717) is 19.4 Å². The molecule has 3 rings (SSSR count). The average Bonchev–Trinajstić information content (AvgIpc) is 2.66. The third-order valence-corrected chi connectivity index (χ3v) is 5.09. The first-order valence-corrected chi connectivity index (χ1v) is 10.1. The Morgan fingerprint density at radius 1 is 1.04 bits per heavy atom. The summed E-state index contributed by atoms with van der Waals surface area (Å²) in [5.74, 6) is 0.899. The van der Waals surface area contributed by atoms with E-state index in [1.165, 1.54) is 11.3 Å². The number of anilines is 1. The number of hydrogen-bond acceptors (Lipinski definition) is 5. The van der Waals surface area contributed by atoms with Crippen molar-refractivity contribution in [2.24, 2.45) is 0 Å².